The molecule has 1 aromatic rings. The van der Waals surface area contributed by atoms with Crippen LogP contribution in [0.4, 0.5) is 5.69 Å². The van der Waals surface area contributed by atoms with Crippen LogP contribution in [0.25, 0.3) is 0 Å². The number of hydrogen-bond acceptors (Lipinski definition) is 2. The molecule has 1 rings (SSSR count). The van der Waals surface area contributed by atoms with Crippen molar-refractivity contribution in [2.45, 2.75) is 6.92 Å². The summed E-state index contributed by atoms with van der Waals surface area (Å²) in [5, 5.41) is 8.81. The minimum Gasteiger partial charge on any atom is -0.478 e. The zero-order valence-electron chi connectivity index (χ0n) is 7.69. The third-order valence-corrected chi connectivity index (χ3v) is 2.62. The van der Waals surface area contributed by atoms with Crippen LogP contribution >= 0.6 is 0 Å². The normalized spacial score (nSPS) is 12.1. The van der Waals surface area contributed by atoms with Gasteiger partial charge in [0.2, 0.25) is 0 Å². The summed E-state index contributed by atoms with van der Waals surface area (Å²) in [4.78, 5) is 10.8. The van der Waals surface area contributed by atoms with Crippen LogP contribution in [0.2, 0.25) is 0 Å². The summed E-state index contributed by atoms with van der Waals surface area (Å²) < 4.78 is 13.8. The molecule has 1 unspecified atom stereocenters. The molecule has 0 heterocycles. The van der Waals surface area contributed by atoms with Gasteiger partial charge < -0.3 is 9.83 Å². The van der Waals surface area contributed by atoms with Crippen LogP contribution < -0.4 is 4.72 Å². The van der Waals surface area contributed by atoms with Crippen LogP contribution in [0.1, 0.15) is 17.3 Å². The second kappa shape index (κ2) is 4.76. The van der Waals surface area contributed by atoms with E-state index in [4.69, 9.17) is 5.11 Å². The van der Waals surface area contributed by atoms with Gasteiger partial charge >= 0.3 is 5.97 Å². The molecule has 0 amide bonds. The number of para-hydroxylation sites is 1. The number of anilines is 1. The molecule has 0 radical (unpaired) electrons. The fraction of sp³-hybridized carbons (Fsp3) is 0.222. The highest BCUT2D eigenvalue weighted by Crippen LogP contribution is 2.15. The highest BCUT2D eigenvalue weighted by molar-refractivity contribution is 7.86. The number of carboxylic acid groups (broad SMARTS) is 1. The van der Waals surface area contributed by atoms with E-state index < -0.39 is 17.0 Å². The second-order valence-electron chi connectivity index (χ2n) is 2.59. The van der Waals surface area contributed by atoms with Crippen molar-refractivity contribution in [3.63, 3.8) is 0 Å². The summed E-state index contributed by atoms with van der Waals surface area (Å²) in [5.74, 6) is -0.588. The van der Waals surface area contributed by atoms with Gasteiger partial charge in [0.15, 0.2) is 0 Å². The summed E-state index contributed by atoms with van der Waals surface area (Å²) in [5.41, 5.74) is 0.523. The Bertz CT molecular complexity index is 365. The smallest absolute Gasteiger partial charge is 0.337 e. The number of benzene rings is 1. The Morgan fingerprint density at radius 1 is 1.50 bits per heavy atom. The van der Waals surface area contributed by atoms with Gasteiger partial charge in [0.05, 0.1) is 11.3 Å². The molecule has 1 aromatic carbocycles. The first-order valence-corrected chi connectivity index (χ1v) is 5.44. The molecule has 0 bridgehead atoms. The van der Waals surface area contributed by atoms with Gasteiger partial charge in [-0.1, -0.05) is 19.1 Å². The molecule has 0 aliphatic rings. The second-order valence-corrected chi connectivity index (χ2v) is 4.06. The summed E-state index contributed by atoms with van der Waals surface area (Å²) in [6, 6.07) is 6.39. The van der Waals surface area contributed by atoms with Crippen LogP contribution in [0, 0.1) is 0 Å². The lowest BCUT2D eigenvalue weighted by Crippen LogP contribution is -2.10. The number of hydrogen-bond donors (Lipinski definition) is 2. The Balaban J connectivity index is 2.95. The van der Waals surface area contributed by atoms with Crippen LogP contribution in [0.15, 0.2) is 24.3 Å². The predicted octanol–water partition coefficient (Wildman–Crippen LogP) is 1.48. The van der Waals surface area contributed by atoms with Gasteiger partial charge in [-0.15, -0.1) is 0 Å². The van der Waals surface area contributed by atoms with Gasteiger partial charge in [0.1, 0.15) is 11.0 Å². The van der Waals surface area contributed by atoms with Crippen molar-refractivity contribution < 1.29 is 14.1 Å². The molecular formula is C9H11NO3S. The maximum Gasteiger partial charge on any atom is 0.337 e. The molecule has 1 atom stereocenters. The third-order valence-electron chi connectivity index (χ3n) is 1.64. The summed E-state index contributed by atoms with van der Waals surface area (Å²) in [6.07, 6.45) is 0. The molecule has 2 N–H and O–H groups in total. The van der Waals surface area contributed by atoms with E-state index in [1.54, 1.807) is 25.1 Å². The van der Waals surface area contributed by atoms with E-state index in [-0.39, 0.29) is 5.56 Å². The van der Waals surface area contributed by atoms with E-state index in [0.717, 1.165) is 0 Å². The van der Waals surface area contributed by atoms with E-state index >= 15 is 0 Å². The van der Waals surface area contributed by atoms with Gasteiger partial charge in [-0.25, -0.2) is 9.00 Å². The first-order chi connectivity index (χ1) is 6.65. The van der Waals surface area contributed by atoms with Crippen molar-refractivity contribution >= 4 is 22.6 Å². The van der Waals surface area contributed by atoms with Crippen molar-refractivity contribution in [2.75, 3.05) is 10.5 Å². The van der Waals surface area contributed by atoms with E-state index in [9.17, 15) is 9.00 Å². The van der Waals surface area contributed by atoms with Gasteiger partial charge in [-0.3, -0.25) is 0 Å². The molecule has 0 aromatic heterocycles. The van der Waals surface area contributed by atoms with E-state index in [2.05, 4.69) is 4.72 Å². The predicted molar refractivity (Wildman–Crippen MR) is 55.7 cm³/mol. The minimum atomic E-state index is -1.22. The fourth-order valence-corrected chi connectivity index (χ4v) is 1.52. The zero-order valence-corrected chi connectivity index (χ0v) is 8.50. The summed E-state index contributed by atoms with van der Waals surface area (Å²) >= 11 is 0. The number of carboxylic acids is 1. The largest absolute Gasteiger partial charge is 0.478 e. The Morgan fingerprint density at radius 2 is 2.14 bits per heavy atom. The molecule has 0 aliphatic carbocycles. The highest BCUT2D eigenvalue weighted by Gasteiger charge is 2.09. The quantitative estimate of drug-likeness (QED) is 0.796. The molecule has 0 saturated heterocycles. The van der Waals surface area contributed by atoms with Crippen molar-refractivity contribution in [3.8, 4) is 0 Å². The van der Waals surface area contributed by atoms with Crippen molar-refractivity contribution in [3.05, 3.63) is 29.8 Å². The number of rotatable bonds is 4. The van der Waals surface area contributed by atoms with Gasteiger partial charge in [0, 0.05) is 5.75 Å². The maximum atomic E-state index is 11.2. The summed E-state index contributed by atoms with van der Waals surface area (Å²) in [7, 11) is -1.22. The number of nitrogens with one attached hydrogen (secondary N) is 1. The van der Waals surface area contributed by atoms with Crippen LogP contribution in [0.3, 0.4) is 0 Å². The number of carbonyl (C=O) groups is 1. The molecule has 14 heavy (non-hydrogen) atoms. The Kier molecular flexibility index (Phi) is 3.64. The third kappa shape index (κ3) is 2.56. The van der Waals surface area contributed by atoms with Gasteiger partial charge in [-0.2, -0.15) is 0 Å². The Labute approximate surface area is 84.5 Å². The van der Waals surface area contributed by atoms with E-state index in [1.165, 1.54) is 6.07 Å². The lowest BCUT2D eigenvalue weighted by atomic mass is 10.2. The first-order valence-electron chi connectivity index (χ1n) is 4.12. The lowest BCUT2D eigenvalue weighted by Gasteiger charge is -2.06. The minimum absolute atomic E-state index is 0.134. The first kappa shape index (κ1) is 10.7. The zero-order chi connectivity index (χ0) is 10.6. The molecule has 5 heteroatoms. The van der Waals surface area contributed by atoms with Crippen molar-refractivity contribution in [1.82, 2.24) is 0 Å². The van der Waals surface area contributed by atoms with Crippen molar-refractivity contribution in [1.29, 1.82) is 0 Å². The van der Waals surface area contributed by atoms with Gasteiger partial charge in [-0.05, 0) is 12.1 Å². The van der Waals surface area contributed by atoms with E-state index in [1.807, 2.05) is 0 Å². The number of aromatic carboxylic acids is 1. The Morgan fingerprint density at radius 3 is 2.71 bits per heavy atom. The maximum absolute atomic E-state index is 11.2. The molecule has 0 aliphatic heterocycles. The van der Waals surface area contributed by atoms with E-state index in [0.29, 0.717) is 11.4 Å². The molecule has 76 valence electrons. The Hall–Kier alpha value is -1.36. The molecule has 0 fully saturated rings. The average Bonchev–Trinajstić information content (AvgIpc) is 2.18. The topological polar surface area (TPSA) is 66.4 Å². The van der Waals surface area contributed by atoms with Crippen molar-refractivity contribution in [2.24, 2.45) is 0 Å². The van der Waals surface area contributed by atoms with Crippen LogP contribution in [-0.4, -0.2) is 21.0 Å². The van der Waals surface area contributed by atoms with Crippen LogP contribution in [0.5, 0.6) is 0 Å². The highest BCUT2D eigenvalue weighted by atomic mass is 32.2. The van der Waals surface area contributed by atoms with Gasteiger partial charge in [0.25, 0.3) is 0 Å². The molecule has 0 saturated carbocycles. The van der Waals surface area contributed by atoms with Crippen LogP contribution in [-0.2, 0) is 11.0 Å². The SMILES string of the molecule is CCS(=O)Nc1ccccc1C(=O)O. The molecule has 4 nitrogen and oxygen atoms in total. The monoisotopic (exact) mass is 213 g/mol. The molecular weight excluding hydrogens is 202 g/mol. The lowest BCUT2D eigenvalue weighted by molar-refractivity contribution is 0.0698. The fourth-order valence-electron chi connectivity index (χ4n) is 0.953. The average molecular weight is 213 g/mol. The molecule has 0 spiro atoms. The standard InChI is InChI=1S/C9H11NO3S/c1-2-14(13)10-8-6-4-3-5-7(8)9(11)12/h3-6,10H,2H2,1H3,(H,11,12). The summed E-state index contributed by atoms with van der Waals surface area (Å²) in [6.45, 7) is 1.76.